The molecule has 0 amide bonds. The Kier molecular flexibility index (Phi) is 10.3. The molecule has 2 heteroatoms. The molecule has 1 aromatic rings. The van der Waals surface area contributed by atoms with Gasteiger partial charge >= 0.3 is 0 Å². The van der Waals surface area contributed by atoms with Crippen LogP contribution in [0.5, 0.6) is 0 Å². The number of aromatic nitrogens is 1. The fourth-order valence-corrected chi connectivity index (χ4v) is 2.40. The lowest BCUT2D eigenvalue weighted by molar-refractivity contribution is -0.697. The molecule has 0 unspecified atom stereocenters. The van der Waals surface area contributed by atoms with Crippen LogP contribution in [0.25, 0.3) is 0 Å². The third-order valence-electron chi connectivity index (χ3n) is 3.60. The summed E-state index contributed by atoms with van der Waals surface area (Å²) in [6.07, 6.45) is 17.3. The van der Waals surface area contributed by atoms with Crippen molar-refractivity contribution in [2.45, 2.75) is 70.8 Å². The molecule has 0 aliphatic carbocycles. The molecule has 0 bridgehead atoms. The van der Waals surface area contributed by atoms with Crippen LogP contribution in [-0.2, 0) is 6.54 Å². The molecular formula is C17H30NO+. The Bertz CT molecular complexity index is 287. The van der Waals surface area contributed by atoms with E-state index in [1.54, 1.807) is 0 Å². The number of rotatable bonds is 12. The molecule has 1 rings (SSSR count). The average Bonchev–Trinajstić information content (AvgIpc) is 2.46. The zero-order chi connectivity index (χ0) is 13.6. The topological polar surface area (TPSA) is 24.1 Å². The Hall–Kier alpha value is -0.890. The van der Waals surface area contributed by atoms with Crippen molar-refractivity contribution in [3.63, 3.8) is 0 Å². The molecule has 0 aromatic carbocycles. The van der Waals surface area contributed by atoms with Gasteiger partial charge < -0.3 is 5.11 Å². The van der Waals surface area contributed by atoms with Crippen LogP contribution in [0.15, 0.2) is 30.6 Å². The molecule has 1 aromatic heterocycles. The van der Waals surface area contributed by atoms with E-state index in [-0.39, 0.29) is 0 Å². The highest BCUT2D eigenvalue weighted by Crippen LogP contribution is 2.10. The van der Waals surface area contributed by atoms with Crippen LogP contribution in [0.2, 0.25) is 0 Å². The van der Waals surface area contributed by atoms with Crippen LogP contribution in [0.4, 0.5) is 0 Å². The second-order valence-corrected chi connectivity index (χ2v) is 5.37. The van der Waals surface area contributed by atoms with Crippen molar-refractivity contribution < 1.29 is 9.67 Å². The molecule has 0 fully saturated rings. The maximum absolute atomic E-state index is 8.67. The Morgan fingerprint density at radius 1 is 0.579 bits per heavy atom. The summed E-state index contributed by atoms with van der Waals surface area (Å²) >= 11 is 0. The van der Waals surface area contributed by atoms with Gasteiger partial charge in [0.15, 0.2) is 12.4 Å². The Balaban J connectivity index is 1.79. The summed E-state index contributed by atoms with van der Waals surface area (Å²) in [6, 6.07) is 6.25. The second kappa shape index (κ2) is 12.2. The molecule has 0 spiro atoms. The highest BCUT2D eigenvalue weighted by Gasteiger charge is 1.97. The first-order valence-corrected chi connectivity index (χ1v) is 7.98. The van der Waals surface area contributed by atoms with E-state index in [0.29, 0.717) is 6.61 Å². The first-order valence-electron chi connectivity index (χ1n) is 7.98. The smallest absolute Gasteiger partial charge is 0.168 e. The molecule has 0 saturated carbocycles. The lowest BCUT2D eigenvalue weighted by atomic mass is 10.1. The summed E-state index contributed by atoms with van der Waals surface area (Å²) < 4.78 is 2.27. The quantitative estimate of drug-likeness (QED) is 0.450. The van der Waals surface area contributed by atoms with E-state index >= 15 is 0 Å². The lowest BCUT2D eigenvalue weighted by Crippen LogP contribution is -2.32. The van der Waals surface area contributed by atoms with Crippen LogP contribution < -0.4 is 4.57 Å². The minimum Gasteiger partial charge on any atom is -0.396 e. The minimum atomic E-state index is 0.361. The van der Waals surface area contributed by atoms with Gasteiger partial charge in [0.25, 0.3) is 0 Å². The number of aryl methyl sites for hydroxylation is 1. The predicted octanol–water partition coefficient (Wildman–Crippen LogP) is 3.87. The van der Waals surface area contributed by atoms with Crippen molar-refractivity contribution in [3.8, 4) is 0 Å². The third kappa shape index (κ3) is 9.66. The summed E-state index contributed by atoms with van der Waals surface area (Å²) in [5.74, 6) is 0. The van der Waals surface area contributed by atoms with Crippen molar-refractivity contribution >= 4 is 0 Å². The number of pyridine rings is 1. The summed E-state index contributed by atoms with van der Waals surface area (Å²) in [5, 5.41) is 8.67. The lowest BCUT2D eigenvalue weighted by Gasteiger charge is -2.01. The second-order valence-electron chi connectivity index (χ2n) is 5.37. The summed E-state index contributed by atoms with van der Waals surface area (Å²) in [7, 11) is 0. The van der Waals surface area contributed by atoms with Gasteiger partial charge in [-0.1, -0.05) is 51.0 Å². The van der Waals surface area contributed by atoms with E-state index in [2.05, 4.69) is 35.2 Å². The fraction of sp³-hybridized carbons (Fsp3) is 0.706. The van der Waals surface area contributed by atoms with E-state index in [1.165, 1.54) is 57.8 Å². The molecule has 108 valence electrons. The summed E-state index contributed by atoms with van der Waals surface area (Å²) in [6.45, 7) is 1.52. The Morgan fingerprint density at radius 3 is 1.58 bits per heavy atom. The number of unbranched alkanes of at least 4 members (excludes halogenated alkanes) is 9. The van der Waals surface area contributed by atoms with Crippen LogP contribution >= 0.6 is 0 Å². The number of aliphatic hydroxyl groups is 1. The maximum atomic E-state index is 8.67. The van der Waals surface area contributed by atoms with Gasteiger partial charge in [0, 0.05) is 25.2 Å². The number of hydrogen-bond donors (Lipinski definition) is 1. The first kappa shape index (κ1) is 16.2. The Labute approximate surface area is 118 Å². The molecule has 0 atom stereocenters. The van der Waals surface area contributed by atoms with Crippen molar-refractivity contribution in [2.24, 2.45) is 0 Å². The van der Waals surface area contributed by atoms with E-state index in [0.717, 1.165) is 13.0 Å². The average molecular weight is 264 g/mol. The van der Waals surface area contributed by atoms with Gasteiger partial charge in [-0.05, 0) is 12.8 Å². The molecule has 0 aliphatic rings. The highest BCUT2D eigenvalue weighted by molar-refractivity contribution is 4.83. The molecule has 2 nitrogen and oxygen atoms in total. The van der Waals surface area contributed by atoms with Gasteiger partial charge in [0.2, 0.25) is 0 Å². The summed E-state index contributed by atoms with van der Waals surface area (Å²) in [5.41, 5.74) is 0. The normalized spacial score (nSPS) is 10.8. The van der Waals surface area contributed by atoms with Gasteiger partial charge in [-0.3, -0.25) is 0 Å². The fourth-order valence-electron chi connectivity index (χ4n) is 2.40. The molecule has 1 heterocycles. The molecule has 19 heavy (non-hydrogen) atoms. The van der Waals surface area contributed by atoms with Gasteiger partial charge in [0.05, 0.1) is 0 Å². The van der Waals surface area contributed by atoms with E-state index in [4.69, 9.17) is 5.11 Å². The highest BCUT2D eigenvalue weighted by atomic mass is 16.2. The first-order chi connectivity index (χ1) is 9.43. The van der Waals surface area contributed by atoms with Crippen LogP contribution in [0.1, 0.15) is 64.2 Å². The molecule has 1 N–H and O–H groups in total. The molecular weight excluding hydrogens is 234 g/mol. The zero-order valence-corrected chi connectivity index (χ0v) is 12.3. The SMILES string of the molecule is OCCCCCCCCCCCC[n+]1ccccc1. The van der Waals surface area contributed by atoms with Gasteiger partial charge in [0.1, 0.15) is 6.54 Å². The van der Waals surface area contributed by atoms with Crippen molar-refractivity contribution in [1.82, 2.24) is 0 Å². The van der Waals surface area contributed by atoms with Gasteiger partial charge in [-0.2, -0.15) is 0 Å². The molecule has 0 radical (unpaired) electrons. The minimum absolute atomic E-state index is 0.361. The molecule has 0 aliphatic heterocycles. The van der Waals surface area contributed by atoms with Crippen LogP contribution in [-0.4, -0.2) is 11.7 Å². The largest absolute Gasteiger partial charge is 0.396 e. The van der Waals surface area contributed by atoms with Gasteiger partial charge in [-0.25, -0.2) is 4.57 Å². The van der Waals surface area contributed by atoms with E-state index in [9.17, 15) is 0 Å². The monoisotopic (exact) mass is 264 g/mol. The van der Waals surface area contributed by atoms with E-state index in [1.807, 2.05) is 0 Å². The molecule has 0 saturated heterocycles. The van der Waals surface area contributed by atoms with Crippen molar-refractivity contribution in [1.29, 1.82) is 0 Å². The zero-order valence-electron chi connectivity index (χ0n) is 12.3. The van der Waals surface area contributed by atoms with E-state index < -0.39 is 0 Å². The standard InChI is InChI=1S/C17H30NO/c19-17-13-8-6-4-2-1-3-5-7-10-14-18-15-11-9-12-16-18/h9,11-12,15-16,19H,1-8,10,13-14,17H2/q+1. The maximum Gasteiger partial charge on any atom is 0.168 e. The van der Waals surface area contributed by atoms with Crippen molar-refractivity contribution in [3.05, 3.63) is 30.6 Å². The third-order valence-corrected chi connectivity index (χ3v) is 3.60. The van der Waals surface area contributed by atoms with Gasteiger partial charge in [-0.15, -0.1) is 0 Å². The number of aliphatic hydroxyl groups excluding tert-OH is 1. The number of nitrogens with zero attached hydrogens (tertiary/aromatic N) is 1. The van der Waals surface area contributed by atoms with Crippen LogP contribution in [0, 0.1) is 0 Å². The van der Waals surface area contributed by atoms with Crippen LogP contribution in [0.3, 0.4) is 0 Å². The predicted molar refractivity (Wildman–Crippen MR) is 79.9 cm³/mol. The van der Waals surface area contributed by atoms with Crippen molar-refractivity contribution in [2.75, 3.05) is 6.61 Å². The summed E-state index contributed by atoms with van der Waals surface area (Å²) in [4.78, 5) is 0. The number of hydrogen-bond acceptors (Lipinski definition) is 1. The Morgan fingerprint density at radius 2 is 1.05 bits per heavy atom.